The minimum atomic E-state index is 0.0850. The summed E-state index contributed by atoms with van der Waals surface area (Å²) in [6.07, 6.45) is 9.21. The van der Waals surface area contributed by atoms with E-state index in [9.17, 15) is 4.79 Å². The summed E-state index contributed by atoms with van der Waals surface area (Å²) >= 11 is 0. The van der Waals surface area contributed by atoms with Crippen LogP contribution in [0.1, 0.15) is 39.5 Å². The number of likely N-dealkylation sites (tertiary alicyclic amines) is 1. The van der Waals surface area contributed by atoms with Gasteiger partial charge in [0.25, 0.3) is 0 Å². The molecule has 7 heteroatoms. The van der Waals surface area contributed by atoms with Gasteiger partial charge in [0.1, 0.15) is 5.84 Å². The van der Waals surface area contributed by atoms with Gasteiger partial charge in [-0.3, -0.25) is 9.80 Å². The molecule has 3 N–H and O–H groups in total. The molecule has 28 heavy (non-hydrogen) atoms. The number of hydrogen-bond acceptors (Lipinski definition) is 6. The van der Waals surface area contributed by atoms with E-state index in [-0.39, 0.29) is 18.0 Å². The first-order valence-corrected chi connectivity index (χ1v) is 10.3. The van der Waals surface area contributed by atoms with E-state index >= 15 is 0 Å². The van der Waals surface area contributed by atoms with Crippen molar-refractivity contribution >= 4 is 11.7 Å². The highest BCUT2D eigenvalue weighted by Crippen LogP contribution is 2.30. The minimum Gasteiger partial charge on any atom is -0.401 e. The molecule has 3 aliphatic heterocycles. The van der Waals surface area contributed by atoms with Crippen LogP contribution < -0.4 is 11.2 Å². The van der Waals surface area contributed by atoms with Gasteiger partial charge in [-0.25, -0.2) is 10.4 Å². The number of hydrazine groups is 1. The fourth-order valence-corrected chi connectivity index (χ4v) is 4.03. The van der Waals surface area contributed by atoms with Crippen LogP contribution in [0.2, 0.25) is 0 Å². The average molecular weight is 387 g/mol. The number of amides is 1. The van der Waals surface area contributed by atoms with Crippen molar-refractivity contribution in [2.24, 2.45) is 10.7 Å². The molecule has 0 spiro atoms. The van der Waals surface area contributed by atoms with Crippen LogP contribution in [0.4, 0.5) is 0 Å². The number of carbonyl (C=O) groups is 1. The van der Waals surface area contributed by atoms with E-state index < -0.39 is 0 Å². The Balaban J connectivity index is 1.74. The SMILES string of the molecule is CCC1=CN=C2C(=C(N)C1)C(CC)NN2C1CCN(C(=O)C=CCN(C)C)C1. The molecule has 2 unspecified atom stereocenters. The summed E-state index contributed by atoms with van der Waals surface area (Å²) in [5, 5.41) is 2.17. The molecule has 154 valence electrons. The number of hydrogen-bond donors (Lipinski definition) is 2. The number of nitrogens with one attached hydrogen (secondary N) is 1. The van der Waals surface area contributed by atoms with Crippen LogP contribution >= 0.6 is 0 Å². The Hall–Kier alpha value is -2.12. The van der Waals surface area contributed by atoms with Gasteiger partial charge < -0.3 is 15.5 Å². The van der Waals surface area contributed by atoms with Crippen molar-refractivity contribution in [1.29, 1.82) is 0 Å². The number of carbonyl (C=O) groups excluding carboxylic acids is 1. The number of likely N-dealkylation sites (N-methyl/N-ethyl adjacent to an activating group) is 1. The summed E-state index contributed by atoms with van der Waals surface area (Å²) < 4.78 is 0. The zero-order chi connectivity index (χ0) is 20.3. The predicted octanol–water partition coefficient (Wildman–Crippen LogP) is 1.61. The summed E-state index contributed by atoms with van der Waals surface area (Å²) in [7, 11) is 3.99. The fourth-order valence-electron chi connectivity index (χ4n) is 4.03. The molecule has 0 aromatic rings. The molecular weight excluding hydrogens is 352 g/mol. The Morgan fingerprint density at radius 1 is 1.43 bits per heavy atom. The molecule has 0 aromatic carbocycles. The number of allylic oxidation sites excluding steroid dienone is 1. The molecule has 7 nitrogen and oxygen atoms in total. The summed E-state index contributed by atoms with van der Waals surface area (Å²) in [4.78, 5) is 21.3. The van der Waals surface area contributed by atoms with Crippen molar-refractivity contribution in [3.05, 3.63) is 35.2 Å². The molecule has 2 atom stereocenters. The molecule has 0 aliphatic carbocycles. The third-order valence-electron chi connectivity index (χ3n) is 5.68. The quantitative estimate of drug-likeness (QED) is 0.678. The summed E-state index contributed by atoms with van der Waals surface area (Å²) in [6, 6.07) is 0.397. The van der Waals surface area contributed by atoms with Crippen molar-refractivity contribution in [3.63, 3.8) is 0 Å². The van der Waals surface area contributed by atoms with Crippen molar-refractivity contribution in [2.75, 3.05) is 33.7 Å². The lowest BCUT2D eigenvalue weighted by atomic mass is 10.00. The lowest BCUT2D eigenvalue weighted by molar-refractivity contribution is -0.125. The average Bonchev–Trinajstić information content (AvgIpc) is 3.25. The van der Waals surface area contributed by atoms with E-state index in [0.717, 1.165) is 55.9 Å². The summed E-state index contributed by atoms with van der Waals surface area (Å²) in [6.45, 7) is 6.54. The van der Waals surface area contributed by atoms with E-state index in [4.69, 9.17) is 10.7 Å². The first-order chi connectivity index (χ1) is 13.4. The monoisotopic (exact) mass is 386 g/mol. The molecule has 2 fully saturated rings. The van der Waals surface area contributed by atoms with E-state index in [1.807, 2.05) is 36.2 Å². The maximum atomic E-state index is 12.5. The third-order valence-corrected chi connectivity index (χ3v) is 5.68. The number of rotatable bonds is 6. The van der Waals surface area contributed by atoms with E-state index in [1.54, 1.807) is 6.08 Å². The second-order valence-electron chi connectivity index (χ2n) is 8.06. The Labute approximate surface area is 168 Å². The van der Waals surface area contributed by atoms with Crippen LogP contribution in [0.25, 0.3) is 0 Å². The molecule has 3 heterocycles. The highest BCUT2D eigenvalue weighted by atomic mass is 16.2. The van der Waals surface area contributed by atoms with Crippen LogP contribution in [-0.2, 0) is 4.79 Å². The van der Waals surface area contributed by atoms with Crippen molar-refractivity contribution in [3.8, 4) is 0 Å². The smallest absolute Gasteiger partial charge is 0.246 e. The largest absolute Gasteiger partial charge is 0.401 e. The second-order valence-corrected chi connectivity index (χ2v) is 8.06. The van der Waals surface area contributed by atoms with Crippen molar-refractivity contribution < 1.29 is 4.79 Å². The second kappa shape index (κ2) is 8.92. The highest BCUT2D eigenvalue weighted by Gasteiger charge is 2.40. The number of nitrogens with zero attached hydrogens (tertiary/aromatic N) is 4. The van der Waals surface area contributed by atoms with Gasteiger partial charge in [0.2, 0.25) is 5.91 Å². The van der Waals surface area contributed by atoms with E-state index in [1.165, 1.54) is 5.57 Å². The van der Waals surface area contributed by atoms with Crippen molar-refractivity contribution in [2.45, 2.75) is 51.6 Å². The molecule has 2 saturated heterocycles. The third kappa shape index (κ3) is 4.31. The lowest BCUT2D eigenvalue weighted by Gasteiger charge is -2.26. The van der Waals surface area contributed by atoms with Crippen LogP contribution in [0.3, 0.4) is 0 Å². The molecule has 3 rings (SSSR count). The van der Waals surface area contributed by atoms with Crippen LogP contribution in [0, 0.1) is 0 Å². The van der Waals surface area contributed by atoms with Gasteiger partial charge in [-0.15, -0.1) is 0 Å². The Morgan fingerprint density at radius 2 is 2.21 bits per heavy atom. The summed E-state index contributed by atoms with van der Waals surface area (Å²) in [5.41, 5.74) is 13.4. The van der Waals surface area contributed by atoms with Crippen molar-refractivity contribution in [1.82, 2.24) is 20.2 Å². The minimum absolute atomic E-state index is 0.0850. The lowest BCUT2D eigenvalue weighted by Crippen LogP contribution is -2.46. The maximum Gasteiger partial charge on any atom is 0.246 e. The zero-order valence-electron chi connectivity index (χ0n) is 17.6. The summed E-state index contributed by atoms with van der Waals surface area (Å²) in [5.74, 6) is 1.03. The Morgan fingerprint density at radius 3 is 2.89 bits per heavy atom. The molecular formula is C21H34N6O. The van der Waals surface area contributed by atoms with Gasteiger partial charge in [-0.1, -0.05) is 19.9 Å². The normalized spacial score (nSPS) is 25.5. The zero-order valence-corrected chi connectivity index (χ0v) is 17.6. The van der Waals surface area contributed by atoms with Gasteiger partial charge >= 0.3 is 0 Å². The first kappa shape index (κ1) is 20.6. The van der Waals surface area contributed by atoms with Gasteiger partial charge in [0.05, 0.1) is 12.1 Å². The molecule has 0 saturated carbocycles. The number of amidine groups is 1. The van der Waals surface area contributed by atoms with Gasteiger partial charge in [-0.2, -0.15) is 0 Å². The molecule has 3 aliphatic rings. The molecule has 1 amide bonds. The van der Waals surface area contributed by atoms with Crippen LogP contribution in [0.15, 0.2) is 40.2 Å². The van der Waals surface area contributed by atoms with Crippen LogP contribution in [-0.4, -0.2) is 72.4 Å². The topological polar surface area (TPSA) is 77.2 Å². The number of aliphatic imine (C=N–C) groups is 1. The number of nitrogens with two attached hydrogens (primary N) is 1. The highest BCUT2D eigenvalue weighted by molar-refractivity contribution is 6.02. The maximum absolute atomic E-state index is 12.5. The molecule has 0 bridgehead atoms. The number of fused-ring (bicyclic) bond motifs is 1. The molecule has 0 radical (unpaired) electrons. The van der Waals surface area contributed by atoms with Gasteiger partial charge in [0.15, 0.2) is 0 Å². The Bertz CT molecular complexity index is 720. The predicted molar refractivity (Wildman–Crippen MR) is 113 cm³/mol. The Kier molecular flexibility index (Phi) is 6.57. The fraction of sp³-hybridized carbons (Fsp3) is 0.619. The molecule has 0 aromatic heterocycles. The standard InChI is InChI=1S/C21H34N6O/c1-5-15-12-17(22)20-18(6-2)24-27(21(20)23-13-15)16-9-11-26(14-16)19(28)8-7-10-25(3)4/h7-8,13,16,18,24H,5-6,9-12,14,22H2,1-4H3. The van der Waals surface area contributed by atoms with Crippen LogP contribution in [0.5, 0.6) is 0 Å². The van der Waals surface area contributed by atoms with E-state index in [2.05, 4.69) is 24.3 Å². The first-order valence-electron chi connectivity index (χ1n) is 10.3. The van der Waals surface area contributed by atoms with Gasteiger partial charge in [0, 0.05) is 49.6 Å². The van der Waals surface area contributed by atoms with E-state index in [0.29, 0.717) is 6.54 Å². The van der Waals surface area contributed by atoms with Gasteiger partial charge in [-0.05, 0) is 38.9 Å².